The molecule has 3 heterocycles. The van der Waals surface area contributed by atoms with Gasteiger partial charge in [0.05, 0.1) is 75.3 Å². The van der Waals surface area contributed by atoms with Crippen molar-refractivity contribution < 1.29 is 46.8 Å². The molecule has 11 atom stereocenters. The van der Waals surface area contributed by atoms with E-state index in [1.807, 2.05) is 36.4 Å². The molecule has 2 saturated heterocycles. The molecule has 0 saturated carbocycles. The van der Waals surface area contributed by atoms with E-state index >= 15 is 0 Å². The van der Waals surface area contributed by atoms with Gasteiger partial charge in [0.2, 0.25) is 0 Å². The highest BCUT2D eigenvalue weighted by atomic mass is 28.4. The average molecular weight is 1090 g/mol. The van der Waals surface area contributed by atoms with Crippen LogP contribution in [0.5, 0.6) is 5.75 Å². The number of ketones is 1. The maximum atomic E-state index is 14.9. The van der Waals surface area contributed by atoms with Crippen LogP contribution in [0, 0.1) is 11.8 Å². The van der Waals surface area contributed by atoms with Gasteiger partial charge in [-0.2, -0.15) is 0 Å². The molecule has 3 aliphatic rings. The van der Waals surface area contributed by atoms with E-state index in [-0.39, 0.29) is 65.7 Å². The number of ether oxygens (including phenoxy) is 7. The standard InChI is InChI=1S/C64H100O10Si2/c1-45(2)76(46(3)4,47(5)6)70-37-35-57-60(69-44-52-30-32-53(66-13)33-31-52)38-48(7)41-64(12)61(71-57)40-54(65)59(73-64)39-49(8)62-58(74-75(14,15)63(9,10)11)29-23-22-28-55(68-43-51-26-20-17-21-27-51)56(72-62)34-36-67-42-50-24-18-16-19-25-50/h16-27,30-33,45-49,55-62H,28-29,34-44H2,1-15H3/b23-22-/t48-,49+,55-,56+,57-,58+,59+,60+,61+,62-,64-/m1/s1. The fourth-order valence-electron chi connectivity index (χ4n) is 12.3. The van der Waals surface area contributed by atoms with E-state index in [0.717, 1.165) is 35.3 Å². The number of rotatable bonds is 24. The highest BCUT2D eigenvalue weighted by molar-refractivity contribution is 6.77. The van der Waals surface area contributed by atoms with Crippen molar-refractivity contribution in [3.63, 3.8) is 0 Å². The van der Waals surface area contributed by atoms with Gasteiger partial charge in [-0.15, -0.1) is 0 Å². The Hall–Kier alpha value is -3.02. The molecular formula is C64H100O10Si2. The van der Waals surface area contributed by atoms with Crippen molar-refractivity contribution in [3.8, 4) is 5.75 Å². The molecule has 3 aromatic rings. The van der Waals surface area contributed by atoms with Crippen molar-refractivity contribution in [3.05, 3.63) is 114 Å². The smallest absolute Gasteiger partial charge is 0.200 e. The largest absolute Gasteiger partial charge is 0.497 e. The summed E-state index contributed by atoms with van der Waals surface area (Å²) in [6, 6.07) is 28.7. The Kier molecular flexibility index (Phi) is 23.2. The van der Waals surface area contributed by atoms with E-state index in [9.17, 15) is 4.79 Å². The van der Waals surface area contributed by atoms with E-state index in [0.29, 0.717) is 81.8 Å². The molecule has 12 heteroatoms. The van der Waals surface area contributed by atoms with Crippen LogP contribution in [0.1, 0.15) is 151 Å². The van der Waals surface area contributed by atoms with Crippen LogP contribution in [0.25, 0.3) is 0 Å². The Morgan fingerprint density at radius 2 is 1.24 bits per heavy atom. The summed E-state index contributed by atoms with van der Waals surface area (Å²) in [6.07, 6.45) is 6.76. The van der Waals surface area contributed by atoms with Gasteiger partial charge in [0, 0.05) is 19.6 Å². The van der Waals surface area contributed by atoms with Gasteiger partial charge in [-0.1, -0.05) is 161 Å². The molecule has 0 spiro atoms. The van der Waals surface area contributed by atoms with Gasteiger partial charge in [-0.05, 0) is 127 Å². The molecular weight excluding hydrogens is 985 g/mol. The number of hydrogen-bond donors (Lipinski definition) is 0. The first-order valence-corrected chi connectivity index (χ1v) is 34.1. The molecule has 0 radical (unpaired) electrons. The quantitative estimate of drug-likeness (QED) is 0.0490. The predicted molar refractivity (Wildman–Crippen MR) is 312 cm³/mol. The monoisotopic (exact) mass is 1080 g/mol. The molecule has 0 bridgehead atoms. The van der Waals surface area contributed by atoms with Gasteiger partial charge < -0.3 is 42.0 Å². The lowest BCUT2D eigenvalue weighted by atomic mass is 9.77. The van der Waals surface area contributed by atoms with E-state index in [1.54, 1.807) is 7.11 Å². The van der Waals surface area contributed by atoms with Crippen molar-refractivity contribution in [1.82, 2.24) is 0 Å². The number of methoxy groups -OCH3 is 1. The molecule has 3 aromatic carbocycles. The first-order valence-electron chi connectivity index (χ1n) is 29.0. The van der Waals surface area contributed by atoms with Crippen LogP contribution in [0.4, 0.5) is 0 Å². The summed E-state index contributed by atoms with van der Waals surface area (Å²) < 4.78 is 62.2. The van der Waals surface area contributed by atoms with E-state index < -0.39 is 34.4 Å². The summed E-state index contributed by atoms with van der Waals surface area (Å²) in [6.45, 7) is 34.7. The molecule has 0 aromatic heterocycles. The average Bonchev–Trinajstić information content (AvgIpc) is 3.45. The summed E-state index contributed by atoms with van der Waals surface area (Å²) in [4.78, 5) is 14.9. The third kappa shape index (κ3) is 16.8. The molecule has 0 aliphatic carbocycles. The number of benzene rings is 3. The van der Waals surface area contributed by atoms with Crippen molar-refractivity contribution in [2.45, 2.75) is 243 Å². The molecule has 6 rings (SSSR count). The molecule has 3 aliphatic heterocycles. The number of carbonyl (C=O) groups excluding carboxylic acids is 1. The van der Waals surface area contributed by atoms with Crippen LogP contribution < -0.4 is 4.74 Å². The normalized spacial score (nSPS) is 28.0. The van der Waals surface area contributed by atoms with Crippen LogP contribution in [-0.2, 0) is 61.9 Å². The highest BCUT2D eigenvalue weighted by Gasteiger charge is 2.52. The summed E-state index contributed by atoms with van der Waals surface area (Å²) in [5, 5.41) is -0.0258. The third-order valence-electron chi connectivity index (χ3n) is 17.4. The molecule has 76 heavy (non-hydrogen) atoms. The minimum atomic E-state index is -2.31. The lowest BCUT2D eigenvalue weighted by Crippen LogP contribution is -2.59. The van der Waals surface area contributed by atoms with E-state index in [1.165, 1.54) is 0 Å². The maximum Gasteiger partial charge on any atom is 0.200 e. The third-order valence-corrected chi connectivity index (χ3v) is 28.1. The predicted octanol–water partition coefficient (Wildman–Crippen LogP) is 15.2. The fourth-order valence-corrected chi connectivity index (χ4v) is 19.1. The van der Waals surface area contributed by atoms with Crippen LogP contribution >= 0.6 is 0 Å². The first kappa shape index (κ1) is 62.2. The summed E-state index contributed by atoms with van der Waals surface area (Å²) in [7, 11) is -2.78. The second kappa shape index (κ2) is 28.4. The molecule has 424 valence electrons. The Balaban J connectivity index is 1.26. The highest BCUT2D eigenvalue weighted by Crippen LogP contribution is 2.45. The summed E-state index contributed by atoms with van der Waals surface area (Å²) >= 11 is 0. The van der Waals surface area contributed by atoms with Gasteiger partial charge in [0.25, 0.3) is 0 Å². The lowest BCUT2D eigenvalue weighted by Gasteiger charge is -2.50. The van der Waals surface area contributed by atoms with Crippen molar-refractivity contribution in [2.75, 3.05) is 20.3 Å². The molecule has 0 amide bonds. The molecule has 10 nitrogen and oxygen atoms in total. The summed E-state index contributed by atoms with van der Waals surface area (Å²) in [5.74, 6) is 0.999. The van der Waals surface area contributed by atoms with Crippen LogP contribution in [0.15, 0.2) is 97.1 Å². The minimum absolute atomic E-state index is 0.0258. The number of fused-ring (bicyclic) bond motifs is 1. The van der Waals surface area contributed by atoms with Gasteiger partial charge in [-0.3, -0.25) is 4.79 Å². The minimum Gasteiger partial charge on any atom is -0.497 e. The zero-order valence-electron chi connectivity index (χ0n) is 49.5. The number of hydrogen-bond acceptors (Lipinski definition) is 10. The van der Waals surface area contributed by atoms with E-state index in [4.69, 9.17) is 42.0 Å². The zero-order chi connectivity index (χ0) is 55.3. The summed E-state index contributed by atoms with van der Waals surface area (Å²) in [5.41, 5.74) is 3.99. The Morgan fingerprint density at radius 3 is 1.82 bits per heavy atom. The second-order valence-corrected chi connectivity index (χ2v) is 35.5. The number of carbonyl (C=O) groups is 1. The fraction of sp³-hybridized carbons (Fsp3) is 0.672. The second-order valence-electron chi connectivity index (χ2n) is 25.3. The number of Topliss-reactive ketones (excluding diaryl/α,β-unsaturated/α-hetero) is 1. The molecule has 0 N–H and O–H groups in total. The van der Waals surface area contributed by atoms with Gasteiger partial charge in [0.1, 0.15) is 11.9 Å². The zero-order valence-corrected chi connectivity index (χ0v) is 51.5. The molecule has 0 unspecified atom stereocenters. The lowest BCUT2D eigenvalue weighted by molar-refractivity contribution is -0.240. The van der Waals surface area contributed by atoms with Crippen molar-refractivity contribution in [1.29, 1.82) is 0 Å². The molecule has 2 fully saturated rings. The van der Waals surface area contributed by atoms with Crippen molar-refractivity contribution >= 4 is 22.4 Å². The first-order chi connectivity index (χ1) is 36.0. The SMILES string of the molecule is COc1ccc(CO[C@H]2C[C@@H](C)C[C@@]3(C)O[C@@H](C[C@H](C)[C@H]4O[C@@H](CCOCc5ccccc5)[C@H](OCc5ccccc5)C/C=C\C[C@@H]4O[Si](C)(C)C(C)(C)C)C(=O)C[C@@H]3O[C@@H]2CCO[Si](C(C)C)(C(C)C)C(C)C)cc1. The van der Waals surface area contributed by atoms with Gasteiger partial charge in [-0.25, -0.2) is 0 Å². The topological polar surface area (TPSA) is 100 Å². The van der Waals surface area contributed by atoms with Gasteiger partial charge >= 0.3 is 0 Å². The Labute approximate surface area is 462 Å². The van der Waals surface area contributed by atoms with Crippen LogP contribution in [0.3, 0.4) is 0 Å². The van der Waals surface area contributed by atoms with Crippen LogP contribution in [0.2, 0.25) is 34.8 Å². The van der Waals surface area contributed by atoms with E-state index in [2.05, 4.69) is 157 Å². The Bertz CT molecular complexity index is 2170. The van der Waals surface area contributed by atoms with Crippen LogP contribution in [-0.4, -0.2) is 97.2 Å². The maximum absolute atomic E-state index is 14.9. The van der Waals surface area contributed by atoms with Crippen molar-refractivity contribution in [2.24, 2.45) is 11.8 Å². The Morgan fingerprint density at radius 1 is 0.697 bits per heavy atom. The van der Waals surface area contributed by atoms with Gasteiger partial charge in [0.15, 0.2) is 22.4 Å².